The van der Waals surface area contributed by atoms with Crippen molar-refractivity contribution in [3.8, 4) is 0 Å². The molecule has 8 heteroatoms. The van der Waals surface area contributed by atoms with Crippen molar-refractivity contribution in [3.63, 3.8) is 0 Å². The summed E-state index contributed by atoms with van der Waals surface area (Å²) in [6.45, 7) is 2.54. The molecule has 26 heavy (non-hydrogen) atoms. The normalized spacial score (nSPS) is 14.1. The number of ether oxygens (including phenoxy) is 1. The van der Waals surface area contributed by atoms with E-state index in [4.69, 9.17) is 16.3 Å². The number of amides is 1. The van der Waals surface area contributed by atoms with E-state index < -0.39 is 4.92 Å². The minimum atomic E-state index is -0.458. The average molecular weight is 376 g/mol. The molecule has 0 saturated carbocycles. The number of halogens is 1. The molecule has 2 aromatic carbocycles. The van der Waals surface area contributed by atoms with Crippen molar-refractivity contribution in [2.45, 2.75) is 6.54 Å². The minimum absolute atomic E-state index is 0.0777. The lowest BCUT2D eigenvalue weighted by molar-refractivity contribution is -0.384. The van der Waals surface area contributed by atoms with Crippen LogP contribution >= 0.6 is 11.6 Å². The molecule has 0 radical (unpaired) electrons. The number of anilines is 1. The van der Waals surface area contributed by atoms with Gasteiger partial charge >= 0.3 is 0 Å². The fourth-order valence-corrected chi connectivity index (χ4v) is 2.90. The number of hydrogen-bond acceptors (Lipinski definition) is 5. The highest BCUT2D eigenvalue weighted by atomic mass is 35.5. The Balaban J connectivity index is 1.74. The van der Waals surface area contributed by atoms with Crippen molar-refractivity contribution in [2.75, 3.05) is 31.2 Å². The van der Waals surface area contributed by atoms with E-state index in [1.54, 1.807) is 24.3 Å². The molecular formula is C18H18ClN3O4. The van der Waals surface area contributed by atoms with Crippen LogP contribution in [0.2, 0.25) is 5.02 Å². The molecule has 1 aliphatic heterocycles. The van der Waals surface area contributed by atoms with Gasteiger partial charge in [-0.3, -0.25) is 14.9 Å². The van der Waals surface area contributed by atoms with Gasteiger partial charge in [-0.15, -0.1) is 0 Å². The summed E-state index contributed by atoms with van der Waals surface area (Å²) in [5.41, 5.74) is 1.57. The Bertz CT molecular complexity index is 805. The maximum absolute atomic E-state index is 12.4. The third-order valence-electron chi connectivity index (χ3n) is 4.15. The lowest BCUT2D eigenvalue weighted by atomic mass is 10.1. The smallest absolute Gasteiger partial charge is 0.293 e. The highest BCUT2D eigenvalue weighted by Crippen LogP contribution is 2.30. The Hall–Kier alpha value is -2.64. The van der Waals surface area contributed by atoms with Gasteiger partial charge < -0.3 is 15.0 Å². The molecule has 3 rings (SSSR count). The molecule has 1 heterocycles. The van der Waals surface area contributed by atoms with Crippen molar-refractivity contribution >= 4 is 28.9 Å². The number of carbonyl (C=O) groups is 1. The van der Waals surface area contributed by atoms with E-state index in [-0.39, 0.29) is 17.2 Å². The van der Waals surface area contributed by atoms with Gasteiger partial charge in [0.25, 0.3) is 11.6 Å². The largest absolute Gasteiger partial charge is 0.378 e. The van der Waals surface area contributed by atoms with Gasteiger partial charge in [-0.25, -0.2) is 0 Å². The highest BCUT2D eigenvalue weighted by Gasteiger charge is 2.23. The molecule has 1 aliphatic rings. The van der Waals surface area contributed by atoms with E-state index in [1.807, 2.05) is 17.0 Å². The number of nitro benzene ring substituents is 1. The monoisotopic (exact) mass is 375 g/mol. The SMILES string of the molecule is O=C(NCc1ccc(Cl)cc1)c1ccc(N2CCOCC2)c([N+](=O)[O-])c1. The number of rotatable bonds is 5. The summed E-state index contributed by atoms with van der Waals surface area (Å²) < 4.78 is 5.28. The number of carbonyl (C=O) groups excluding carboxylic acids is 1. The standard InChI is InChI=1S/C18H18ClN3O4/c19-15-4-1-13(2-5-15)12-20-18(23)14-3-6-16(17(11-14)22(24)25)21-7-9-26-10-8-21/h1-6,11H,7-10,12H2,(H,20,23). The van der Waals surface area contributed by atoms with Gasteiger partial charge in [-0.1, -0.05) is 23.7 Å². The quantitative estimate of drug-likeness (QED) is 0.641. The second-order valence-electron chi connectivity index (χ2n) is 5.87. The number of benzene rings is 2. The summed E-state index contributed by atoms with van der Waals surface area (Å²) in [5, 5.41) is 14.8. The van der Waals surface area contributed by atoms with Gasteiger partial charge in [0.15, 0.2) is 0 Å². The summed E-state index contributed by atoms with van der Waals surface area (Å²) in [6.07, 6.45) is 0. The van der Waals surface area contributed by atoms with E-state index in [2.05, 4.69) is 5.32 Å². The zero-order valence-electron chi connectivity index (χ0n) is 14.0. The number of morpholine rings is 1. The van der Waals surface area contributed by atoms with E-state index in [0.717, 1.165) is 5.56 Å². The first-order valence-electron chi connectivity index (χ1n) is 8.18. The number of hydrogen-bond donors (Lipinski definition) is 1. The molecule has 1 fully saturated rings. The first-order valence-corrected chi connectivity index (χ1v) is 8.56. The summed E-state index contributed by atoms with van der Waals surface area (Å²) in [5.74, 6) is -0.364. The molecule has 0 aliphatic carbocycles. The summed E-state index contributed by atoms with van der Waals surface area (Å²) >= 11 is 5.83. The molecule has 2 aromatic rings. The van der Waals surface area contributed by atoms with Crippen LogP contribution in [0.1, 0.15) is 15.9 Å². The maximum atomic E-state index is 12.4. The van der Waals surface area contributed by atoms with Crippen LogP contribution < -0.4 is 10.2 Å². The zero-order valence-corrected chi connectivity index (χ0v) is 14.7. The van der Waals surface area contributed by atoms with Crippen LogP contribution in [0.3, 0.4) is 0 Å². The molecule has 1 saturated heterocycles. The third-order valence-corrected chi connectivity index (χ3v) is 4.40. The molecule has 7 nitrogen and oxygen atoms in total. The van der Waals surface area contributed by atoms with Crippen molar-refractivity contribution in [2.24, 2.45) is 0 Å². The van der Waals surface area contributed by atoms with Crippen LogP contribution in [0.4, 0.5) is 11.4 Å². The molecule has 0 bridgehead atoms. The lowest BCUT2D eigenvalue weighted by Crippen LogP contribution is -2.36. The predicted molar refractivity (Wildman–Crippen MR) is 98.8 cm³/mol. The second kappa shape index (κ2) is 8.16. The number of nitrogens with zero attached hydrogens (tertiary/aromatic N) is 2. The van der Waals surface area contributed by atoms with Crippen molar-refractivity contribution in [1.29, 1.82) is 0 Å². The molecule has 1 N–H and O–H groups in total. The Morgan fingerprint density at radius 2 is 1.88 bits per heavy atom. The Kier molecular flexibility index (Phi) is 5.70. The Morgan fingerprint density at radius 3 is 2.54 bits per heavy atom. The van der Waals surface area contributed by atoms with Crippen LogP contribution in [0, 0.1) is 10.1 Å². The molecule has 136 valence electrons. The van der Waals surface area contributed by atoms with Gasteiger partial charge in [-0.05, 0) is 29.8 Å². The third kappa shape index (κ3) is 4.30. The predicted octanol–water partition coefficient (Wildman–Crippen LogP) is 3.01. The fourth-order valence-electron chi connectivity index (χ4n) is 2.77. The number of nitro groups is 1. The summed E-state index contributed by atoms with van der Waals surface area (Å²) in [7, 11) is 0. The molecule has 0 spiro atoms. The van der Waals surface area contributed by atoms with E-state index >= 15 is 0 Å². The average Bonchev–Trinajstić information content (AvgIpc) is 2.67. The fraction of sp³-hybridized carbons (Fsp3) is 0.278. The van der Waals surface area contributed by atoms with Crippen molar-refractivity contribution < 1.29 is 14.5 Å². The van der Waals surface area contributed by atoms with Crippen molar-refractivity contribution in [1.82, 2.24) is 5.32 Å². The van der Waals surface area contributed by atoms with E-state index in [9.17, 15) is 14.9 Å². The maximum Gasteiger partial charge on any atom is 0.293 e. The molecule has 0 atom stereocenters. The van der Waals surface area contributed by atoms with Crippen LogP contribution in [0.25, 0.3) is 0 Å². The van der Waals surface area contributed by atoms with Crippen LogP contribution in [0.15, 0.2) is 42.5 Å². The van der Waals surface area contributed by atoms with Crippen LogP contribution in [-0.4, -0.2) is 37.1 Å². The zero-order chi connectivity index (χ0) is 18.5. The number of nitrogens with one attached hydrogen (secondary N) is 1. The first-order chi connectivity index (χ1) is 12.5. The molecule has 1 amide bonds. The topological polar surface area (TPSA) is 84.7 Å². The molecular weight excluding hydrogens is 358 g/mol. The summed E-state index contributed by atoms with van der Waals surface area (Å²) in [6, 6.07) is 11.7. The molecule has 0 unspecified atom stereocenters. The first kappa shape index (κ1) is 18.2. The van der Waals surface area contributed by atoms with Gasteiger partial charge in [0, 0.05) is 36.3 Å². The Morgan fingerprint density at radius 1 is 1.19 bits per heavy atom. The summed E-state index contributed by atoms with van der Waals surface area (Å²) in [4.78, 5) is 25.3. The highest BCUT2D eigenvalue weighted by molar-refractivity contribution is 6.30. The van der Waals surface area contributed by atoms with E-state index in [1.165, 1.54) is 6.07 Å². The second-order valence-corrected chi connectivity index (χ2v) is 6.31. The van der Waals surface area contributed by atoms with Crippen molar-refractivity contribution in [3.05, 3.63) is 68.7 Å². The van der Waals surface area contributed by atoms with Gasteiger partial charge in [-0.2, -0.15) is 0 Å². The van der Waals surface area contributed by atoms with Crippen LogP contribution in [0.5, 0.6) is 0 Å². The van der Waals surface area contributed by atoms with Gasteiger partial charge in [0.1, 0.15) is 5.69 Å². The minimum Gasteiger partial charge on any atom is -0.378 e. The van der Waals surface area contributed by atoms with Gasteiger partial charge in [0.05, 0.1) is 18.1 Å². The lowest BCUT2D eigenvalue weighted by Gasteiger charge is -2.28. The van der Waals surface area contributed by atoms with Crippen LogP contribution in [-0.2, 0) is 11.3 Å². The van der Waals surface area contributed by atoms with Gasteiger partial charge in [0.2, 0.25) is 0 Å². The Labute approximate surface area is 155 Å². The molecule has 0 aromatic heterocycles. The van der Waals surface area contributed by atoms with E-state index in [0.29, 0.717) is 43.6 Å².